The lowest BCUT2D eigenvalue weighted by atomic mass is 9.98. The van der Waals surface area contributed by atoms with Crippen molar-refractivity contribution in [2.75, 3.05) is 5.32 Å². The summed E-state index contributed by atoms with van der Waals surface area (Å²) in [5.74, 6) is -0.0881. The number of rotatable bonds is 3. The Bertz CT molecular complexity index is 1030. The summed E-state index contributed by atoms with van der Waals surface area (Å²) < 4.78 is 1.12. The van der Waals surface area contributed by atoms with Crippen LogP contribution in [0.2, 0.25) is 0 Å². The van der Waals surface area contributed by atoms with E-state index in [0.717, 1.165) is 21.5 Å². The Morgan fingerprint density at radius 1 is 0.920 bits per heavy atom. The van der Waals surface area contributed by atoms with Gasteiger partial charge in [-0.15, -0.1) is 11.3 Å². The summed E-state index contributed by atoms with van der Waals surface area (Å²) in [4.78, 5) is 12.7. The molecule has 0 unspecified atom stereocenters. The number of aryl methyl sites for hydroxylation is 1. The minimum absolute atomic E-state index is 0.0881. The van der Waals surface area contributed by atoms with Gasteiger partial charge in [-0.1, -0.05) is 48.0 Å². The number of anilines is 1. The number of carbonyl (C=O) groups is 1. The van der Waals surface area contributed by atoms with Gasteiger partial charge >= 0.3 is 0 Å². The normalized spacial score (nSPS) is 10.8. The fraction of sp³-hybridized carbons (Fsp3) is 0.0455. The number of hydrogen-bond acceptors (Lipinski definition) is 2. The van der Waals surface area contributed by atoms with Crippen molar-refractivity contribution < 1.29 is 4.79 Å². The second-order valence-corrected chi connectivity index (χ2v) is 6.99. The molecule has 3 heteroatoms. The van der Waals surface area contributed by atoms with E-state index in [9.17, 15) is 4.79 Å². The van der Waals surface area contributed by atoms with Crippen LogP contribution in [-0.2, 0) is 0 Å². The van der Waals surface area contributed by atoms with Crippen LogP contribution in [0.3, 0.4) is 0 Å². The topological polar surface area (TPSA) is 29.1 Å². The zero-order valence-corrected chi connectivity index (χ0v) is 14.6. The molecular formula is C22H17NOS. The first-order valence-electron chi connectivity index (χ1n) is 8.15. The average molecular weight is 343 g/mol. The molecule has 4 rings (SSSR count). The SMILES string of the molecule is Cc1ccc(-c2cc(C(=O)Nc3ccccc3)cc3sccc23)cc1. The van der Waals surface area contributed by atoms with Gasteiger partial charge < -0.3 is 5.32 Å². The van der Waals surface area contributed by atoms with Gasteiger partial charge in [0.25, 0.3) is 5.91 Å². The summed E-state index contributed by atoms with van der Waals surface area (Å²) in [6, 6.07) is 24.0. The van der Waals surface area contributed by atoms with E-state index in [1.165, 1.54) is 10.9 Å². The number of thiophene rings is 1. The number of para-hydroxylation sites is 1. The molecule has 2 nitrogen and oxygen atoms in total. The van der Waals surface area contributed by atoms with Crippen molar-refractivity contribution in [2.24, 2.45) is 0 Å². The first-order valence-corrected chi connectivity index (χ1v) is 9.03. The molecule has 1 N–H and O–H groups in total. The van der Waals surface area contributed by atoms with Gasteiger partial charge in [0.15, 0.2) is 0 Å². The maximum absolute atomic E-state index is 12.7. The molecule has 0 saturated heterocycles. The monoisotopic (exact) mass is 343 g/mol. The van der Waals surface area contributed by atoms with Gasteiger partial charge in [-0.2, -0.15) is 0 Å². The van der Waals surface area contributed by atoms with Gasteiger partial charge in [-0.3, -0.25) is 4.79 Å². The van der Waals surface area contributed by atoms with Crippen molar-refractivity contribution in [3.63, 3.8) is 0 Å². The zero-order chi connectivity index (χ0) is 17.2. The highest BCUT2D eigenvalue weighted by molar-refractivity contribution is 7.17. The molecule has 0 aliphatic heterocycles. The van der Waals surface area contributed by atoms with Crippen LogP contribution in [0.1, 0.15) is 15.9 Å². The molecule has 1 amide bonds. The third-order valence-corrected chi connectivity index (χ3v) is 5.09. The Morgan fingerprint density at radius 2 is 1.68 bits per heavy atom. The number of benzene rings is 3. The Morgan fingerprint density at radius 3 is 2.44 bits per heavy atom. The molecule has 25 heavy (non-hydrogen) atoms. The highest BCUT2D eigenvalue weighted by Crippen LogP contribution is 2.33. The molecule has 0 spiro atoms. The van der Waals surface area contributed by atoms with E-state index in [1.807, 2.05) is 42.5 Å². The summed E-state index contributed by atoms with van der Waals surface area (Å²) in [6.07, 6.45) is 0. The molecule has 0 fully saturated rings. The largest absolute Gasteiger partial charge is 0.322 e. The lowest BCUT2D eigenvalue weighted by Crippen LogP contribution is -2.11. The van der Waals surface area contributed by atoms with E-state index in [0.29, 0.717) is 5.56 Å². The maximum Gasteiger partial charge on any atom is 0.255 e. The molecule has 0 aliphatic rings. The van der Waals surface area contributed by atoms with Gasteiger partial charge in [0.2, 0.25) is 0 Å². The molecule has 122 valence electrons. The molecule has 0 atom stereocenters. The van der Waals surface area contributed by atoms with Crippen LogP contribution in [0.4, 0.5) is 5.69 Å². The minimum atomic E-state index is -0.0881. The van der Waals surface area contributed by atoms with Gasteiger partial charge in [-0.25, -0.2) is 0 Å². The number of nitrogens with one attached hydrogen (secondary N) is 1. The van der Waals surface area contributed by atoms with Crippen molar-refractivity contribution in [1.29, 1.82) is 0 Å². The first-order chi connectivity index (χ1) is 12.2. The molecule has 0 saturated carbocycles. The molecule has 0 radical (unpaired) electrons. The zero-order valence-electron chi connectivity index (χ0n) is 13.8. The van der Waals surface area contributed by atoms with E-state index < -0.39 is 0 Å². The van der Waals surface area contributed by atoms with E-state index in [-0.39, 0.29) is 5.91 Å². The fourth-order valence-corrected chi connectivity index (χ4v) is 3.75. The Kier molecular flexibility index (Phi) is 4.08. The van der Waals surface area contributed by atoms with Crippen LogP contribution in [-0.4, -0.2) is 5.91 Å². The Hall–Kier alpha value is -2.91. The van der Waals surface area contributed by atoms with Crippen molar-refractivity contribution in [3.05, 3.63) is 89.3 Å². The highest BCUT2D eigenvalue weighted by Gasteiger charge is 2.13. The highest BCUT2D eigenvalue weighted by atomic mass is 32.1. The smallest absolute Gasteiger partial charge is 0.255 e. The number of fused-ring (bicyclic) bond motifs is 1. The molecule has 1 aromatic heterocycles. The third kappa shape index (κ3) is 3.19. The number of hydrogen-bond donors (Lipinski definition) is 1. The van der Waals surface area contributed by atoms with Crippen molar-refractivity contribution in [3.8, 4) is 11.1 Å². The molecule has 1 heterocycles. The van der Waals surface area contributed by atoms with Gasteiger partial charge in [0.1, 0.15) is 0 Å². The van der Waals surface area contributed by atoms with Crippen molar-refractivity contribution >= 4 is 33.0 Å². The first kappa shape index (κ1) is 15.6. The third-order valence-electron chi connectivity index (χ3n) is 4.23. The predicted molar refractivity (Wildman–Crippen MR) is 106 cm³/mol. The maximum atomic E-state index is 12.7. The van der Waals surface area contributed by atoms with Crippen molar-refractivity contribution in [2.45, 2.75) is 6.92 Å². The number of amides is 1. The van der Waals surface area contributed by atoms with E-state index >= 15 is 0 Å². The van der Waals surface area contributed by atoms with Crippen LogP contribution < -0.4 is 5.32 Å². The Balaban J connectivity index is 1.77. The second-order valence-electron chi connectivity index (χ2n) is 6.04. The molecule has 0 aliphatic carbocycles. The molecule has 4 aromatic rings. The lowest BCUT2D eigenvalue weighted by Gasteiger charge is -2.09. The van der Waals surface area contributed by atoms with Gasteiger partial charge in [0.05, 0.1) is 0 Å². The molecule has 3 aromatic carbocycles. The summed E-state index contributed by atoms with van der Waals surface area (Å²) in [6.45, 7) is 2.08. The van der Waals surface area contributed by atoms with Crippen LogP contribution in [0.25, 0.3) is 21.2 Å². The van der Waals surface area contributed by atoms with Crippen molar-refractivity contribution in [1.82, 2.24) is 0 Å². The molecular weight excluding hydrogens is 326 g/mol. The van der Waals surface area contributed by atoms with Crippen LogP contribution >= 0.6 is 11.3 Å². The van der Waals surface area contributed by atoms with Crippen LogP contribution in [0, 0.1) is 6.92 Å². The summed E-state index contributed by atoms with van der Waals surface area (Å²) in [7, 11) is 0. The molecule has 0 bridgehead atoms. The van der Waals surface area contributed by atoms with Gasteiger partial charge in [-0.05, 0) is 53.8 Å². The average Bonchev–Trinajstić information content (AvgIpc) is 3.11. The Labute approximate surface area is 150 Å². The van der Waals surface area contributed by atoms with E-state index in [4.69, 9.17) is 0 Å². The standard InChI is InChI=1S/C22H17NOS/c1-15-7-9-16(10-8-15)20-13-17(14-21-19(20)11-12-25-21)22(24)23-18-5-3-2-4-6-18/h2-14H,1H3,(H,23,24). The minimum Gasteiger partial charge on any atom is -0.322 e. The summed E-state index contributed by atoms with van der Waals surface area (Å²) in [5, 5.41) is 6.22. The van der Waals surface area contributed by atoms with E-state index in [1.54, 1.807) is 11.3 Å². The van der Waals surface area contributed by atoms with Gasteiger partial charge in [0, 0.05) is 21.3 Å². The van der Waals surface area contributed by atoms with Crippen LogP contribution in [0.15, 0.2) is 78.2 Å². The lowest BCUT2D eigenvalue weighted by molar-refractivity contribution is 0.102. The van der Waals surface area contributed by atoms with Crippen LogP contribution in [0.5, 0.6) is 0 Å². The predicted octanol–water partition coefficient (Wildman–Crippen LogP) is 6.13. The summed E-state index contributed by atoms with van der Waals surface area (Å²) in [5.41, 5.74) is 4.92. The number of carbonyl (C=O) groups excluding carboxylic acids is 1. The quantitative estimate of drug-likeness (QED) is 0.476. The summed E-state index contributed by atoms with van der Waals surface area (Å²) >= 11 is 1.66. The second kappa shape index (κ2) is 6.54. The fourth-order valence-electron chi connectivity index (χ4n) is 2.90. The van der Waals surface area contributed by atoms with E-state index in [2.05, 4.69) is 48.0 Å².